The van der Waals surface area contributed by atoms with Gasteiger partial charge in [-0.15, -0.1) is 0 Å². The van der Waals surface area contributed by atoms with Crippen molar-refractivity contribution in [1.82, 2.24) is 4.90 Å². The number of carboxylic acid groups (broad SMARTS) is 1. The molecule has 0 saturated heterocycles. The molecule has 102 valence electrons. The van der Waals surface area contributed by atoms with Crippen molar-refractivity contribution in [3.63, 3.8) is 0 Å². The Morgan fingerprint density at radius 3 is 2.63 bits per heavy atom. The van der Waals surface area contributed by atoms with Crippen LogP contribution >= 0.6 is 0 Å². The number of aryl methyl sites for hydroxylation is 1. The summed E-state index contributed by atoms with van der Waals surface area (Å²) in [4.78, 5) is 24.6. The molecule has 1 aromatic rings. The van der Waals surface area contributed by atoms with Crippen LogP contribution in [0.3, 0.4) is 0 Å². The maximum absolute atomic E-state index is 12.3. The van der Waals surface area contributed by atoms with Crippen molar-refractivity contribution < 1.29 is 14.7 Å². The number of carbonyl (C=O) groups excluding carboxylic acids is 1. The van der Waals surface area contributed by atoms with Crippen molar-refractivity contribution in [1.29, 1.82) is 0 Å². The van der Waals surface area contributed by atoms with Gasteiger partial charge in [-0.2, -0.15) is 0 Å². The lowest BCUT2D eigenvalue weighted by atomic mass is 10.1. The van der Waals surface area contributed by atoms with Crippen LogP contribution in [-0.4, -0.2) is 35.0 Å². The van der Waals surface area contributed by atoms with Gasteiger partial charge in [-0.1, -0.05) is 6.07 Å². The summed E-state index contributed by atoms with van der Waals surface area (Å²) >= 11 is 0. The number of nitrogen functional groups attached to an aromatic ring is 1. The first kappa shape index (κ1) is 13.4. The molecule has 2 rings (SSSR count). The number of rotatable bonds is 5. The second-order valence-electron chi connectivity index (χ2n) is 5.09. The number of aliphatic carboxylic acids is 1. The van der Waals surface area contributed by atoms with Crippen molar-refractivity contribution in [2.75, 3.05) is 18.8 Å². The Bertz CT molecular complexity index is 509. The molecule has 0 spiro atoms. The number of nitrogens with zero attached hydrogens (tertiary/aromatic N) is 1. The summed E-state index contributed by atoms with van der Waals surface area (Å²) < 4.78 is 0. The normalized spacial score (nSPS) is 14.2. The van der Waals surface area contributed by atoms with Crippen LogP contribution < -0.4 is 5.73 Å². The number of amides is 1. The molecule has 5 heteroatoms. The number of nitrogens with two attached hydrogens (primary N) is 1. The van der Waals surface area contributed by atoms with E-state index in [1.807, 2.05) is 6.92 Å². The van der Waals surface area contributed by atoms with Crippen LogP contribution in [0, 0.1) is 12.8 Å². The van der Waals surface area contributed by atoms with E-state index in [4.69, 9.17) is 10.8 Å². The van der Waals surface area contributed by atoms with Gasteiger partial charge < -0.3 is 15.7 Å². The van der Waals surface area contributed by atoms with E-state index in [9.17, 15) is 9.59 Å². The number of benzene rings is 1. The SMILES string of the molecule is Cc1ccc(C(=O)N(CC(=O)O)CC2CC2)cc1N. The summed E-state index contributed by atoms with van der Waals surface area (Å²) in [7, 11) is 0. The minimum atomic E-state index is -0.992. The van der Waals surface area contributed by atoms with Crippen molar-refractivity contribution in [3.05, 3.63) is 29.3 Å². The van der Waals surface area contributed by atoms with Crippen molar-refractivity contribution in [2.24, 2.45) is 5.92 Å². The van der Waals surface area contributed by atoms with Gasteiger partial charge >= 0.3 is 5.97 Å². The molecule has 0 aliphatic heterocycles. The molecule has 19 heavy (non-hydrogen) atoms. The molecule has 5 nitrogen and oxygen atoms in total. The van der Waals surface area contributed by atoms with E-state index in [0.29, 0.717) is 23.7 Å². The lowest BCUT2D eigenvalue weighted by Crippen LogP contribution is -2.37. The van der Waals surface area contributed by atoms with Gasteiger partial charge in [-0.25, -0.2) is 0 Å². The zero-order chi connectivity index (χ0) is 14.0. The number of hydrogen-bond acceptors (Lipinski definition) is 3. The van der Waals surface area contributed by atoms with E-state index in [-0.39, 0.29) is 12.5 Å². The van der Waals surface area contributed by atoms with Crippen LogP contribution in [-0.2, 0) is 4.79 Å². The lowest BCUT2D eigenvalue weighted by Gasteiger charge is -2.21. The minimum Gasteiger partial charge on any atom is -0.480 e. The van der Waals surface area contributed by atoms with E-state index in [1.165, 1.54) is 4.90 Å². The fraction of sp³-hybridized carbons (Fsp3) is 0.429. The van der Waals surface area contributed by atoms with Crippen LogP contribution in [0.5, 0.6) is 0 Å². The summed E-state index contributed by atoms with van der Waals surface area (Å²) in [6, 6.07) is 5.08. The predicted octanol–water partition coefficient (Wildman–Crippen LogP) is 1.51. The molecule has 1 aliphatic rings. The van der Waals surface area contributed by atoms with E-state index < -0.39 is 5.97 Å². The van der Waals surface area contributed by atoms with E-state index in [0.717, 1.165) is 18.4 Å². The Balaban J connectivity index is 2.16. The zero-order valence-corrected chi connectivity index (χ0v) is 10.9. The predicted molar refractivity (Wildman–Crippen MR) is 71.9 cm³/mol. The quantitative estimate of drug-likeness (QED) is 0.788. The highest BCUT2D eigenvalue weighted by atomic mass is 16.4. The number of hydrogen-bond donors (Lipinski definition) is 2. The molecule has 0 radical (unpaired) electrons. The van der Waals surface area contributed by atoms with Crippen LogP contribution in [0.2, 0.25) is 0 Å². The van der Waals surface area contributed by atoms with Gasteiger partial charge in [-0.3, -0.25) is 9.59 Å². The number of anilines is 1. The van der Waals surface area contributed by atoms with E-state index >= 15 is 0 Å². The van der Waals surface area contributed by atoms with Crippen LogP contribution in [0.25, 0.3) is 0 Å². The fourth-order valence-electron chi connectivity index (χ4n) is 1.95. The third-order valence-corrected chi connectivity index (χ3v) is 3.32. The molecule has 0 unspecified atom stereocenters. The van der Waals surface area contributed by atoms with Gasteiger partial charge in [0.1, 0.15) is 6.54 Å². The number of carbonyl (C=O) groups is 2. The van der Waals surface area contributed by atoms with Gasteiger partial charge in [0.25, 0.3) is 5.91 Å². The molecule has 0 aromatic heterocycles. The minimum absolute atomic E-state index is 0.261. The first-order valence-electron chi connectivity index (χ1n) is 6.34. The Hall–Kier alpha value is -2.04. The molecular formula is C14H18N2O3. The largest absolute Gasteiger partial charge is 0.480 e. The highest BCUT2D eigenvalue weighted by molar-refractivity contribution is 5.96. The molecule has 1 fully saturated rings. The maximum atomic E-state index is 12.3. The topological polar surface area (TPSA) is 83.6 Å². The summed E-state index contributed by atoms with van der Waals surface area (Å²) in [6.07, 6.45) is 2.14. The second kappa shape index (κ2) is 5.30. The van der Waals surface area contributed by atoms with Crippen molar-refractivity contribution in [3.8, 4) is 0 Å². The first-order valence-corrected chi connectivity index (χ1v) is 6.34. The summed E-state index contributed by atoms with van der Waals surface area (Å²) in [6.45, 7) is 2.12. The molecule has 1 amide bonds. The Morgan fingerprint density at radius 2 is 2.11 bits per heavy atom. The molecule has 0 atom stereocenters. The van der Waals surface area contributed by atoms with Crippen LogP contribution in [0.4, 0.5) is 5.69 Å². The van der Waals surface area contributed by atoms with Gasteiger partial charge in [0.2, 0.25) is 0 Å². The maximum Gasteiger partial charge on any atom is 0.323 e. The van der Waals surface area contributed by atoms with E-state index in [1.54, 1.807) is 18.2 Å². The summed E-state index contributed by atoms with van der Waals surface area (Å²) in [5.41, 5.74) is 7.69. The Kier molecular flexibility index (Phi) is 3.74. The van der Waals surface area contributed by atoms with Gasteiger partial charge in [0, 0.05) is 17.8 Å². The molecule has 3 N–H and O–H groups in total. The molecule has 0 bridgehead atoms. The lowest BCUT2D eigenvalue weighted by molar-refractivity contribution is -0.137. The van der Waals surface area contributed by atoms with Crippen LogP contribution in [0.1, 0.15) is 28.8 Å². The smallest absolute Gasteiger partial charge is 0.323 e. The van der Waals surface area contributed by atoms with Crippen LogP contribution in [0.15, 0.2) is 18.2 Å². The van der Waals surface area contributed by atoms with Crippen molar-refractivity contribution >= 4 is 17.6 Å². The van der Waals surface area contributed by atoms with Gasteiger partial charge in [0.15, 0.2) is 0 Å². The summed E-state index contributed by atoms with van der Waals surface area (Å²) in [5.74, 6) is -0.804. The highest BCUT2D eigenvalue weighted by Crippen LogP contribution is 2.30. The fourth-order valence-corrected chi connectivity index (χ4v) is 1.95. The zero-order valence-electron chi connectivity index (χ0n) is 10.9. The molecule has 1 saturated carbocycles. The first-order chi connectivity index (χ1) is 8.97. The monoisotopic (exact) mass is 262 g/mol. The third kappa shape index (κ3) is 3.47. The average Bonchev–Trinajstić information content (AvgIpc) is 3.14. The van der Waals surface area contributed by atoms with Gasteiger partial charge in [-0.05, 0) is 43.4 Å². The van der Waals surface area contributed by atoms with Gasteiger partial charge in [0.05, 0.1) is 0 Å². The highest BCUT2D eigenvalue weighted by Gasteiger charge is 2.28. The Labute approximate surface area is 112 Å². The van der Waals surface area contributed by atoms with E-state index in [2.05, 4.69) is 0 Å². The molecule has 1 aliphatic carbocycles. The summed E-state index contributed by atoms with van der Waals surface area (Å²) in [5, 5.41) is 8.89. The molecule has 0 heterocycles. The third-order valence-electron chi connectivity index (χ3n) is 3.32. The standard InChI is InChI=1S/C14H18N2O3/c1-9-2-5-11(6-12(9)15)14(19)16(8-13(17)18)7-10-3-4-10/h2,5-6,10H,3-4,7-8,15H2,1H3,(H,17,18). The average molecular weight is 262 g/mol. The molecule has 1 aromatic carbocycles. The number of carboxylic acids is 1. The van der Waals surface area contributed by atoms with Crippen molar-refractivity contribution in [2.45, 2.75) is 19.8 Å². The Morgan fingerprint density at radius 1 is 1.42 bits per heavy atom. The molecular weight excluding hydrogens is 244 g/mol. The second-order valence-corrected chi connectivity index (χ2v) is 5.09.